The van der Waals surface area contributed by atoms with E-state index in [-0.39, 0.29) is 12.4 Å². The number of ketones is 1. The molecule has 2 N–H and O–H groups in total. The van der Waals surface area contributed by atoms with E-state index in [9.17, 15) is 14.4 Å². The summed E-state index contributed by atoms with van der Waals surface area (Å²) in [5, 5.41) is -0.237. The maximum atomic E-state index is 13.1. The Bertz CT molecular complexity index is 1320. The zero-order chi connectivity index (χ0) is 23.0. The van der Waals surface area contributed by atoms with Gasteiger partial charge in [-0.25, -0.2) is 19.6 Å². The molecule has 0 saturated carbocycles. The third kappa shape index (κ3) is 3.87. The summed E-state index contributed by atoms with van der Waals surface area (Å²) in [5.74, 6) is -2.71. The molecule has 33 heavy (non-hydrogen) atoms. The fourth-order valence-corrected chi connectivity index (χ4v) is 5.88. The van der Waals surface area contributed by atoms with Gasteiger partial charge in [-0.05, 0) is 31.2 Å². The number of para-hydroxylation sites is 4. The number of hydrogen-bond donors (Lipinski definition) is 2. The Morgan fingerprint density at radius 3 is 2.27 bits per heavy atom. The number of rotatable bonds is 7. The lowest BCUT2D eigenvalue weighted by molar-refractivity contribution is -0.171. The standard InChI is InChI=1S/C22H18N4O5S2/c1-2-30-19(29)22(11-32-20-23-12-7-3-4-8-13(12)24-20)17(16(27)18(28)31-22)33-21-25-14-9-5-6-10-15(14)26-21/h3-10,17H,2,11H2,1H3,(H,23,24)(H,25,26). The monoisotopic (exact) mass is 482 g/mol. The van der Waals surface area contributed by atoms with Gasteiger partial charge in [0, 0.05) is 0 Å². The summed E-state index contributed by atoms with van der Waals surface area (Å²) in [6, 6.07) is 14.9. The predicted octanol–water partition coefficient (Wildman–Crippen LogP) is 3.12. The van der Waals surface area contributed by atoms with Crippen LogP contribution >= 0.6 is 23.5 Å². The number of carbonyl (C=O) groups is 3. The molecule has 2 aromatic heterocycles. The second-order valence-electron chi connectivity index (χ2n) is 7.27. The van der Waals surface area contributed by atoms with Gasteiger partial charge in [0.2, 0.25) is 5.60 Å². The van der Waals surface area contributed by atoms with Crippen molar-refractivity contribution in [3.63, 3.8) is 0 Å². The maximum Gasteiger partial charge on any atom is 0.377 e. The number of carbonyl (C=O) groups excluding carboxylic acids is 3. The smallest absolute Gasteiger partial charge is 0.377 e. The van der Waals surface area contributed by atoms with Gasteiger partial charge < -0.3 is 19.4 Å². The Kier molecular flexibility index (Phi) is 5.59. The highest BCUT2D eigenvalue weighted by molar-refractivity contribution is 8.01. The minimum Gasteiger partial charge on any atom is -0.463 e. The first kappa shape index (κ1) is 21.5. The number of esters is 2. The van der Waals surface area contributed by atoms with Crippen LogP contribution in [0.4, 0.5) is 0 Å². The molecule has 1 saturated heterocycles. The molecule has 9 nitrogen and oxygen atoms in total. The Hall–Kier alpha value is -3.31. The second-order valence-corrected chi connectivity index (χ2v) is 9.33. The van der Waals surface area contributed by atoms with Gasteiger partial charge in [0.15, 0.2) is 10.3 Å². The van der Waals surface area contributed by atoms with E-state index < -0.39 is 28.6 Å². The molecule has 5 rings (SSSR count). The van der Waals surface area contributed by atoms with Crippen LogP contribution in [0.2, 0.25) is 0 Å². The first-order valence-electron chi connectivity index (χ1n) is 10.1. The van der Waals surface area contributed by atoms with Gasteiger partial charge in [0.25, 0.3) is 5.78 Å². The zero-order valence-electron chi connectivity index (χ0n) is 17.4. The second kappa shape index (κ2) is 8.56. The first-order valence-corrected chi connectivity index (χ1v) is 12.0. The predicted molar refractivity (Wildman–Crippen MR) is 123 cm³/mol. The number of thioether (sulfide) groups is 2. The van der Waals surface area contributed by atoms with Gasteiger partial charge in [0.05, 0.1) is 34.4 Å². The summed E-state index contributed by atoms with van der Waals surface area (Å²) in [6.45, 7) is 1.72. The third-order valence-corrected chi connectivity index (χ3v) is 7.43. The number of H-pyrrole nitrogens is 2. The molecule has 0 spiro atoms. The molecule has 1 aliphatic rings. The van der Waals surface area contributed by atoms with Crippen molar-refractivity contribution in [2.75, 3.05) is 12.4 Å². The van der Waals surface area contributed by atoms with Crippen molar-refractivity contribution >= 4 is 63.3 Å². The van der Waals surface area contributed by atoms with Gasteiger partial charge in [-0.15, -0.1) is 0 Å². The van der Waals surface area contributed by atoms with Crippen LogP contribution in [0, 0.1) is 0 Å². The minimum atomic E-state index is -1.82. The van der Waals surface area contributed by atoms with E-state index in [1.807, 2.05) is 48.5 Å². The van der Waals surface area contributed by atoms with Crippen molar-refractivity contribution in [1.82, 2.24) is 19.9 Å². The molecule has 168 valence electrons. The van der Waals surface area contributed by atoms with Crippen LogP contribution in [0.5, 0.6) is 0 Å². The lowest BCUT2D eigenvalue weighted by Crippen LogP contribution is -2.51. The van der Waals surface area contributed by atoms with Crippen LogP contribution in [0.1, 0.15) is 6.92 Å². The average Bonchev–Trinajstić information content (AvgIpc) is 3.48. The van der Waals surface area contributed by atoms with Crippen LogP contribution in [0.15, 0.2) is 58.8 Å². The summed E-state index contributed by atoms with van der Waals surface area (Å²) in [6.07, 6.45) is 0. The summed E-state index contributed by atoms with van der Waals surface area (Å²) < 4.78 is 10.7. The van der Waals surface area contributed by atoms with Crippen molar-refractivity contribution in [3.8, 4) is 0 Å². The van der Waals surface area contributed by atoms with Crippen molar-refractivity contribution in [2.45, 2.75) is 28.1 Å². The molecule has 4 aromatic rings. The van der Waals surface area contributed by atoms with Crippen molar-refractivity contribution in [2.24, 2.45) is 0 Å². The fraction of sp³-hybridized carbons (Fsp3) is 0.227. The number of aromatic nitrogens is 4. The number of fused-ring (bicyclic) bond motifs is 2. The lowest BCUT2D eigenvalue weighted by atomic mass is 10.0. The van der Waals surface area contributed by atoms with E-state index in [0.29, 0.717) is 15.8 Å². The van der Waals surface area contributed by atoms with Crippen LogP contribution in [-0.2, 0) is 23.9 Å². The third-order valence-electron chi connectivity index (χ3n) is 5.15. The minimum absolute atomic E-state index is 0.0545. The number of Topliss-reactive ketones (excluding diaryl/α,β-unsaturated/α-hetero) is 1. The maximum absolute atomic E-state index is 13.1. The molecular formula is C22H18N4O5S2. The van der Waals surface area contributed by atoms with E-state index in [0.717, 1.165) is 28.3 Å². The molecule has 3 heterocycles. The molecule has 1 fully saturated rings. The topological polar surface area (TPSA) is 127 Å². The van der Waals surface area contributed by atoms with Crippen molar-refractivity contribution < 1.29 is 23.9 Å². The number of ether oxygens (including phenoxy) is 2. The number of hydrogen-bond acceptors (Lipinski definition) is 9. The normalized spacial score (nSPS) is 20.5. The van der Waals surface area contributed by atoms with Gasteiger partial charge in [0.1, 0.15) is 5.25 Å². The fourth-order valence-electron chi connectivity index (χ4n) is 3.57. The first-order chi connectivity index (χ1) is 16.0. The molecule has 0 bridgehead atoms. The molecular weight excluding hydrogens is 464 g/mol. The largest absolute Gasteiger partial charge is 0.463 e. The van der Waals surface area contributed by atoms with E-state index in [1.165, 1.54) is 11.8 Å². The SMILES string of the molecule is CCOC(=O)C1(CSc2nc3ccccc3[nH]2)OC(=O)C(=O)C1Sc1nc2ccccc2[nH]1. The number of aromatic amines is 2. The molecule has 0 amide bonds. The van der Waals surface area contributed by atoms with Gasteiger partial charge >= 0.3 is 11.9 Å². The quantitative estimate of drug-likeness (QED) is 0.232. The molecule has 2 aromatic carbocycles. The van der Waals surface area contributed by atoms with Gasteiger partial charge in [-0.3, -0.25) is 4.79 Å². The molecule has 0 aliphatic carbocycles. The molecule has 2 atom stereocenters. The Balaban J connectivity index is 1.48. The van der Waals surface area contributed by atoms with Crippen LogP contribution < -0.4 is 0 Å². The number of nitrogens with zero attached hydrogens (tertiary/aromatic N) is 2. The van der Waals surface area contributed by atoms with Crippen molar-refractivity contribution in [1.29, 1.82) is 0 Å². The van der Waals surface area contributed by atoms with Gasteiger partial charge in [-0.1, -0.05) is 47.8 Å². The van der Waals surface area contributed by atoms with Crippen LogP contribution in [0.25, 0.3) is 22.1 Å². The van der Waals surface area contributed by atoms with Gasteiger partial charge in [-0.2, -0.15) is 0 Å². The summed E-state index contributed by atoms with van der Waals surface area (Å²) >= 11 is 2.16. The number of nitrogens with one attached hydrogen (secondary N) is 2. The van der Waals surface area contributed by atoms with Crippen LogP contribution in [-0.4, -0.2) is 60.9 Å². The molecule has 11 heteroatoms. The summed E-state index contributed by atoms with van der Waals surface area (Å²) in [4.78, 5) is 53.5. The number of cyclic esters (lactones) is 1. The number of benzene rings is 2. The Labute approximate surface area is 196 Å². The van der Waals surface area contributed by atoms with E-state index >= 15 is 0 Å². The lowest BCUT2D eigenvalue weighted by Gasteiger charge is -2.28. The molecule has 2 unspecified atom stereocenters. The summed E-state index contributed by atoms with van der Waals surface area (Å²) in [7, 11) is 0. The summed E-state index contributed by atoms with van der Waals surface area (Å²) in [5.41, 5.74) is 1.25. The number of imidazole rings is 2. The Morgan fingerprint density at radius 2 is 1.64 bits per heavy atom. The highest BCUT2D eigenvalue weighted by atomic mass is 32.2. The zero-order valence-corrected chi connectivity index (χ0v) is 19.0. The molecule has 0 radical (unpaired) electrons. The Morgan fingerprint density at radius 1 is 1.03 bits per heavy atom. The van der Waals surface area contributed by atoms with E-state index in [4.69, 9.17) is 9.47 Å². The van der Waals surface area contributed by atoms with Crippen LogP contribution in [0.3, 0.4) is 0 Å². The van der Waals surface area contributed by atoms with E-state index in [2.05, 4.69) is 19.9 Å². The highest BCUT2D eigenvalue weighted by Crippen LogP contribution is 2.41. The molecule has 1 aliphatic heterocycles. The van der Waals surface area contributed by atoms with Crippen molar-refractivity contribution in [3.05, 3.63) is 48.5 Å². The highest BCUT2D eigenvalue weighted by Gasteiger charge is 2.62. The average molecular weight is 483 g/mol. The van der Waals surface area contributed by atoms with E-state index in [1.54, 1.807) is 6.92 Å².